The first-order chi connectivity index (χ1) is 11.5. The second-order valence-electron chi connectivity index (χ2n) is 5.77. The van der Waals surface area contributed by atoms with E-state index in [0.717, 1.165) is 0 Å². The van der Waals surface area contributed by atoms with Gasteiger partial charge in [0.1, 0.15) is 12.1 Å². The van der Waals surface area contributed by atoms with Crippen molar-refractivity contribution in [3.05, 3.63) is 25.0 Å². The van der Waals surface area contributed by atoms with Crippen LogP contribution < -0.4 is 4.74 Å². The van der Waals surface area contributed by atoms with Gasteiger partial charge in [-0.3, -0.25) is 9.59 Å². The Labute approximate surface area is 136 Å². The van der Waals surface area contributed by atoms with E-state index in [1.165, 1.54) is 20.5 Å². The summed E-state index contributed by atoms with van der Waals surface area (Å²) < 4.78 is 16.9. The van der Waals surface area contributed by atoms with Crippen LogP contribution in [0, 0.1) is 11.3 Å². The van der Waals surface area contributed by atoms with Crippen molar-refractivity contribution >= 4 is 23.1 Å². The average Bonchev–Trinajstić information content (AvgIpc) is 3.04. The van der Waals surface area contributed by atoms with Crippen LogP contribution in [0.4, 0.5) is 0 Å². The molecule has 1 aliphatic heterocycles. The number of carbonyl (C=O) groups excluding carboxylic acids is 2. The molecule has 1 saturated heterocycles. The van der Waals surface area contributed by atoms with Gasteiger partial charge in [0.2, 0.25) is 5.88 Å². The van der Waals surface area contributed by atoms with E-state index in [1.807, 2.05) is 0 Å². The van der Waals surface area contributed by atoms with Crippen LogP contribution in [0.15, 0.2) is 25.0 Å². The zero-order chi connectivity index (χ0) is 17.1. The van der Waals surface area contributed by atoms with Gasteiger partial charge < -0.3 is 18.8 Å². The van der Waals surface area contributed by atoms with Crippen molar-refractivity contribution in [2.45, 2.75) is 12.5 Å². The van der Waals surface area contributed by atoms with Crippen molar-refractivity contribution in [2.75, 3.05) is 14.2 Å². The highest BCUT2D eigenvalue weighted by Crippen LogP contribution is 2.62. The fraction of sp³-hybridized carbons (Fsp3) is 0.400. The number of nitrogens with zero attached hydrogens (tertiary/aromatic N) is 4. The van der Waals surface area contributed by atoms with E-state index in [4.69, 9.17) is 14.2 Å². The molecular formula is C15H14N4O5. The number of hydrogen-bond acceptors (Lipinski definition) is 8. The maximum Gasteiger partial charge on any atom is 0.329 e. The van der Waals surface area contributed by atoms with Gasteiger partial charge in [-0.25, -0.2) is 9.97 Å². The first-order valence-corrected chi connectivity index (χ1v) is 7.25. The summed E-state index contributed by atoms with van der Waals surface area (Å²) in [5.41, 5.74) is -0.270. The average molecular weight is 330 g/mol. The second-order valence-corrected chi connectivity index (χ2v) is 5.77. The molecule has 9 heteroatoms. The molecule has 1 unspecified atom stereocenters. The summed E-state index contributed by atoms with van der Waals surface area (Å²) in [5, 5.41) is 0. The zero-order valence-corrected chi connectivity index (χ0v) is 13.1. The molecule has 0 N–H and O–H groups in total. The molecule has 4 rings (SSSR count). The number of carbonyl (C=O) groups is 2. The highest BCUT2D eigenvalue weighted by molar-refractivity contribution is 6.04. The summed E-state index contributed by atoms with van der Waals surface area (Å²) in [5.74, 6) is -1.13. The normalized spacial score (nSPS) is 28.2. The Morgan fingerprint density at radius 2 is 2.21 bits per heavy atom. The Hall–Kier alpha value is -2.97. The fourth-order valence-electron chi connectivity index (χ4n) is 3.67. The lowest BCUT2D eigenvalue weighted by molar-refractivity contribution is -0.173. The van der Waals surface area contributed by atoms with Gasteiger partial charge in [-0.05, 0) is 6.42 Å². The van der Waals surface area contributed by atoms with Gasteiger partial charge in [-0.15, -0.1) is 0 Å². The summed E-state index contributed by atoms with van der Waals surface area (Å²) in [4.78, 5) is 36.9. The number of cyclic esters (lactones) is 1. The Kier molecular flexibility index (Phi) is 2.90. The molecule has 2 fully saturated rings. The van der Waals surface area contributed by atoms with Crippen molar-refractivity contribution < 1.29 is 23.8 Å². The van der Waals surface area contributed by atoms with E-state index in [1.54, 1.807) is 10.9 Å². The molecule has 0 bridgehead atoms. The van der Waals surface area contributed by atoms with E-state index in [2.05, 4.69) is 21.5 Å². The van der Waals surface area contributed by atoms with Crippen LogP contribution >= 0.6 is 0 Å². The molecule has 124 valence electrons. The number of esters is 2. The standard InChI is InChI=1S/C15H14N4O5/c1-7-9-8(4-15(9,13(20)23-3)14(21)24-7)19-6-18-10-11(19)16-5-17-12(10)22-2/h5-6,8-9H,1,4H2,2-3H3/t8?,9-,15+/m0/s1. The summed E-state index contributed by atoms with van der Waals surface area (Å²) in [6.07, 6.45) is 3.19. The number of allylic oxidation sites excluding steroid dienone is 1. The third-order valence-electron chi connectivity index (χ3n) is 4.81. The quantitative estimate of drug-likeness (QED) is 0.596. The van der Waals surface area contributed by atoms with Gasteiger partial charge in [0.15, 0.2) is 16.6 Å². The summed E-state index contributed by atoms with van der Waals surface area (Å²) in [6, 6.07) is -0.243. The van der Waals surface area contributed by atoms with Crippen molar-refractivity contribution in [2.24, 2.45) is 11.3 Å². The van der Waals surface area contributed by atoms with Crippen LogP contribution in [0.2, 0.25) is 0 Å². The Morgan fingerprint density at radius 1 is 1.42 bits per heavy atom. The lowest BCUT2D eigenvalue weighted by Crippen LogP contribution is -2.55. The number of rotatable bonds is 3. The lowest BCUT2D eigenvalue weighted by atomic mass is 9.57. The van der Waals surface area contributed by atoms with E-state index in [-0.39, 0.29) is 18.2 Å². The van der Waals surface area contributed by atoms with Crippen LogP contribution in [0.25, 0.3) is 11.2 Å². The third kappa shape index (κ3) is 1.56. The molecular weight excluding hydrogens is 316 g/mol. The van der Waals surface area contributed by atoms with Crippen molar-refractivity contribution in [3.63, 3.8) is 0 Å². The number of hydrogen-bond donors (Lipinski definition) is 0. The highest BCUT2D eigenvalue weighted by atomic mass is 16.6. The maximum atomic E-state index is 12.2. The number of imidazole rings is 1. The molecule has 1 aliphatic carbocycles. The molecule has 2 aromatic heterocycles. The van der Waals surface area contributed by atoms with Crippen LogP contribution in [0.3, 0.4) is 0 Å². The Morgan fingerprint density at radius 3 is 2.92 bits per heavy atom. The molecule has 3 heterocycles. The summed E-state index contributed by atoms with van der Waals surface area (Å²) >= 11 is 0. The molecule has 0 spiro atoms. The van der Waals surface area contributed by atoms with Gasteiger partial charge in [0.05, 0.1) is 26.5 Å². The highest BCUT2D eigenvalue weighted by Gasteiger charge is 2.72. The molecule has 0 aromatic carbocycles. The zero-order valence-electron chi connectivity index (χ0n) is 13.1. The molecule has 2 aliphatic rings. The molecule has 2 aromatic rings. The Bertz CT molecular complexity index is 891. The van der Waals surface area contributed by atoms with Crippen LogP contribution in [0.1, 0.15) is 12.5 Å². The largest absolute Gasteiger partial charge is 0.479 e. The molecule has 24 heavy (non-hydrogen) atoms. The number of aromatic nitrogens is 4. The number of methoxy groups -OCH3 is 2. The van der Waals surface area contributed by atoms with Crippen molar-refractivity contribution in [1.29, 1.82) is 0 Å². The van der Waals surface area contributed by atoms with E-state index in [9.17, 15) is 9.59 Å². The van der Waals surface area contributed by atoms with Gasteiger partial charge in [0.25, 0.3) is 0 Å². The SMILES string of the molecule is C=C1OC(=O)[C@]2(C(=O)OC)CC(n3cnc4c(OC)ncnc43)[C@H]12. The fourth-order valence-corrected chi connectivity index (χ4v) is 3.67. The first kappa shape index (κ1) is 14.6. The molecule has 0 radical (unpaired) electrons. The minimum Gasteiger partial charge on any atom is -0.479 e. The van der Waals surface area contributed by atoms with Crippen molar-refractivity contribution in [3.8, 4) is 5.88 Å². The van der Waals surface area contributed by atoms with E-state index in [0.29, 0.717) is 17.0 Å². The maximum absolute atomic E-state index is 12.2. The van der Waals surface area contributed by atoms with Crippen LogP contribution in [-0.4, -0.2) is 45.7 Å². The second kappa shape index (κ2) is 4.76. The Balaban J connectivity index is 1.79. The monoisotopic (exact) mass is 330 g/mol. The topological polar surface area (TPSA) is 105 Å². The van der Waals surface area contributed by atoms with Gasteiger partial charge in [0, 0.05) is 6.04 Å². The predicted octanol–water partition coefficient (Wildman–Crippen LogP) is 0.626. The lowest BCUT2D eigenvalue weighted by Gasteiger charge is -2.45. The summed E-state index contributed by atoms with van der Waals surface area (Å²) in [7, 11) is 2.75. The first-order valence-electron chi connectivity index (χ1n) is 7.25. The smallest absolute Gasteiger partial charge is 0.329 e. The molecule has 0 amide bonds. The van der Waals surface area contributed by atoms with E-state index >= 15 is 0 Å². The minimum absolute atomic E-state index is 0.236. The molecule has 9 nitrogen and oxygen atoms in total. The van der Waals surface area contributed by atoms with Crippen molar-refractivity contribution in [1.82, 2.24) is 19.5 Å². The molecule has 1 saturated carbocycles. The van der Waals surface area contributed by atoms with Gasteiger partial charge >= 0.3 is 11.9 Å². The van der Waals surface area contributed by atoms with Crippen LogP contribution in [-0.2, 0) is 19.1 Å². The van der Waals surface area contributed by atoms with Gasteiger partial charge in [-0.2, -0.15) is 4.98 Å². The number of fused-ring (bicyclic) bond motifs is 2. The molecule has 3 atom stereocenters. The number of ether oxygens (including phenoxy) is 3. The predicted molar refractivity (Wildman–Crippen MR) is 78.7 cm³/mol. The van der Waals surface area contributed by atoms with Crippen LogP contribution in [0.5, 0.6) is 5.88 Å². The minimum atomic E-state index is -1.33. The van der Waals surface area contributed by atoms with Gasteiger partial charge in [-0.1, -0.05) is 6.58 Å². The third-order valence-corrected chi connectivity index (χ3v) is 4.81. The van der Waals surface area contributed by atoms with E-state index < -0.39 is 23.3 Å². The summed E-state index contributed by atoms with van der Waals surface area (Å²) in [6.45, 7) is 3.78.